The van der Waals surface area contributed by atoms with Crippen LogP contribution in [0.25, 0.3) is 0 Å². The molecule has 2 aromatic carbocycles. The number of halogens is 1. The standard InChI is InChI=1S/C16H16BrNO3/c1-10(11-4-2-3-5-14(11)19)18-13-9-16-15(8-12(13)17)20-6-7-21-16/h2-5,8-10,18-19H,6-7H2,1H3. The maximum Gasteiger partial charge on any atom is 0.163 e. The van der Waals surface area contributed by atoms with E-state index in [1.165, 1.54) is 0 Å². The number of fused-ring (bicyclic) bond motifs is 1. The Morgan fingerprint density at radius 1 is 1.14 bits per heavy atom. The third-order valence-electron chi connectivity index (χ3n) is 3.41. The molecule has 0 radical (unpaired) electrons. The monoisotopic (exact) mass is 349 g/mol. The Labute approximate surface area is 131 Å². The minimum atomic E-state index is -0.0370. The molecule has 0 saturated carbocycles. The van der Waals surface area contributed by atoms with Crippen LogP contribution >= 0.6 is 15.9 Å². The van der Waals surface area contributed by atoms with Gasteiger partial charge in [0.05, 0.1) is 11.7 Å². The summed E-state index contributed by atoms with van der Waals surface area (Å²) in [7, 11) is 0. The lowest BCUT2D eigenvalue weighted by Gasteiger charge is -2.22. The van der Waals surface area contributed by atoms with E-state index >= 15 is 0 Å². The van der Waals surface area contributed by atoms with Gasteiger partial charge >= 0.3 is 0 Å². The summed E-state index contributed by atoms with van der Waals surface area (Å²) in [5.74, 6) is 1.76. The lowest BCUT2D eigenvalue weighted by molar-refractivity contribution is 0.171. The van der Waals surface area contributed by atoms with Crippen molar-refractivity contribution in [2.75, 3.05) is 18.5 Å². The van der Waals surface area contributed by atoms with E-state index in [9.17, 15) is 5.11 Å². The average molecular weight is 350 g/mol. The third kappa shape index (κ3) is 2.93. The lowest BCUT2D eigenvalue weighted by atomic mass is 10.1. The number of benzene rings is 2. The fourth-order valence-corrected chi connectivity index (χ4v) is 2.78. The van der Waals surface area contributed by atoms with Gasteiger partial charge in [0.15, 0.2) is 11.5 Å². The number of hydrogen-bond donors (Lipinski definition) is 2. The summed E-state index contributed by atoms with van der Waals surface area (Å²) in [5.41, 5.74) is 1.74. The zero-order valence-electron chi connectivity index (χ0n) is 11.6. The van der Waals surface area contributed by atoms with Crippen molar-refractivity contribution in [3.8, 4) is 17.2 Å². The molecule has 5 heteroatoms. The molecule has 1 aliphatic rings. The highest BCUT2D eigenvalue weighted by atomic mass is 79.9. The molecule has 0 saturated heterocycles. The van der Waals surface area contributed by atoms with Crippen LogP contribution in [0.1, 0.15) is 18.5 Å². The van der Waals surface area contributed by atoms with Gasteiger partial charge in [-0.1, -0.05) is 18.2 Å². The minimum absolute atomic E-state index is 0.0370. The molecule has 110 valence electrons. The lowest BCUT2D eigenvalue weighted by Crippen LogP contribution is -2.16. The van der Waals surface area contributed by atoms with Gasteiger partial charge in [-0.05, 0) is 28.9 Å². The second-order valence-corrected chi connectivity index (χ2v) is 5.75. The van der Waals surface area contributed by atoms with Crippen LogP contribution < -0.4 is 14.8 Å². The summed E-state index contributed by atoms with van der Waals surface area (Å²) in [4.78, 5) is 0. The number of phenolic OH excluding ortho intramolecular Hbond substituents is 1. The maximum atomic E-state index is 9.92. The molecule has 0 aromatic heterocycles. The normalized spacial score (nSPS) is 14.6. The van der Waals surface area contributed by atoms with Crippen LogP contribution in [0.2, 0.25) is 0 Å². The van der Waals surface area contributed by atoms with Crippen LogP contribution in [0.5, 0.6) is 17.2 Å². The molecule has 1 unspecified atom stereocenters. The van der Waals surface area contributed by atoms with E-state index in [-0.39, 0.29) is 11.8 Å². The molecule has 3 rings (SSSR count). The first-order valence-corrected chi connectivity index (χ1v) is 7.58. The summed E-state index contributed by atoms with van der Waals surface area (Å²) in [6.07, 6.45) is 0. The number of ether oxygens (including phenoxy) is 2. The van der Waals surface area contributed by atoms with Gasteiger partial charge in [-0.3, -0.25) is 0 Å². The Bertz CT molecular complexity index is 660. The van der Waals surface area contributed by atoms with Crippen LogP contribution in [0, 0.1) is 0 Å². The van der Waals surface area contributed by atoms with Gasteiger partial charge in [-0.2, -0.15) is 0 Å². The Morgan fingerprint density at radius 3 is 2.52 bits per heavy atom. The molecule has 4 nitrogen and oxygen atoms in total. The van der Waals surface area contributed by atoms with E-state index < -0.39 is 0 Å². The van der Waals surface area contributed by atoms with E-state index in [1.807, 2.05) is 37.3 Å². The fourth-order valence-electron chi connectivity index (χ4n) is 2.34. The Balaban J connectivity index is 1.86. The molecular weight excluding hydrogens is 334 g/mol. The van der Waals surface area contributed by atoms with Crippen molar-refractivity contribution in [2.24, 2.45) is 0 Å². The van der Waals surface area contributed by atoms with Crippen molar-refractivity contribution < 1.29 is 14.6 Å². The highest BCUT2D eigenvalue weighted by Gasteiger charge is 2.17. The summed E-state index contributed by atoms with van der Waals surface area (Å²) in [5, 5.41) is 13.3. The van der Waals surface area contributed by atoms with E-state index in [0.717, 1.165) is 27.2 Å². The molecule has 1 heterocycles. The van der Waals surface area contributed by atoms with Crippen LogP contribution in [-0.4, -0.2) is 18.3 Å². The number of nitrogens with one attached hydrogen (secondary N) is 1. The smallest absolute Gasteiger partial charge is 0.163 e. The zero-order valence-corrected chi connectivity index (χ0v) is 13.2. The van der Waals surface area contributed by atoms with Gasteiger partial charge in [0, 0.05) is 22.2 Å². The summed E-state index contributed by atoms with van der Waals surface area (Å²) < 4.78 is 12.0. The summed E-state index contributed by atoms with van der Waals surface area (Å²) >= 11 is 3.53. The number of hydrogen-bond acceptors (Lipinski definition) is 4. The molecule has 1 aliphatic heterocycles. The zero-order chi connectivity index (χ0) is 14.8. The van der Waals surface area contributed by atoms with Crippen molar-refractivity contribution in [3.63, 3.8) is 0 Å². The minimum Gasteiger partial charge on any atom is -0.508 e. The molecule has 0 spiro atoms. The number of rotatable bonds is 3. The first-order chi connectivity index (χ1) is 10.1. The average Bonchev–Trinajstić information content (AvgIpc) is 2.48. The highest BCUT2D eigenvalue weighted by Crippen LogP contribution is 2.39. The molecule has 0 fully saturated rings. The Hall–Kier alpha value is -1.88. The van der Waals surface area contributed by atoms with Crippen LogP contribution in [0.4, 0.5) is 5.69 Å². The van der Waals surface area contributed by atoms with Crippen LogP contribution in [0.3, 0.4) is 0 Å². The molecular formula is C16H16BrNO3. The highest BCUT2D eigenvalue weighted by molar-refractivity contribution is 9.10. The van der Waals surface area contributed by atoms with E-state index in [1.54, 1.807) is 6.07 Å². The second kappa shape index (κ2) is 5.85. The van der Waals surface area contributed by atoms with Gasteiger partial charge in [0.2, 0.25) is 0 Å². The number of phenols is 1. The molecule has 0 bridgehead atoms. The van der Waals surface area contributed by atoms with E-state index in [4.69, 9.17) is 9.47 Å². The topological polar surface area (TPSA) is 50.7 Å². The van der Waals surface area contributed by atoms with Crippen molar-refractivity contribution in [1.29, 1.82) is 0 Å². The van der Waals surface area contributed by atoms with Gasteiger partial charge in [0.25, 0.3) is 0 Å². The molecule has 2 aromatic rings. The van der Waals surface area contributed by atoms with Crippen molar-refractivity contribution in [3.05, 3.63) is 46.4 Å². The summed E-state index contributed by atoms with van der Waals surface area (Å²) in [6.45, 7) is 3.13. The van der Waals surface area contributed by atoms with E-state index in [2.05, 4.69) is 21.2 Å². The van der Waals surface area contributed by atoms with Crippen molar-refractivity contribution in [1.82, 2.24) is 0 Å². The SMILES string of the molecule is CC(Nc1cc2c(cc1Br)OCCO2)c1ccccc1O. The number of para-hydroxylation sites is 1. The van der Waals surface area contributed by atoms with Gasteiger partial charge in [-0.15, -0.1) is 0 Å². The van der Waals surface area contributed by atoms with Crippen LogP contribution in [0.15, 0.2) is 40.9 Å². The number of anilines is 1. The first-order valence-electron chi connectivity index (χ1n) is 6.78. The van der Waals surface area contributed by atoms with Crippen molar-refractivity contribution in [2.45, 2.75) is 13.0 Å². The van der Waals surface area contributed by atoms with Crippen LogP contribution in [-0.2, 0) is 0 Å². The molecule has 0 aliphatic carbocycles. The first kappa shape index (κ1) is 14.1. The molecule has 1 atom stereocenters. The van der Waals surface area contributed by atoms with Gasteiger partial charge in [0.1, 0.15) is 19.0 Å². The fraction of sp³-hybridized carbons (Fsp3) is 0.250. The Kier molecular flexibility index (Phi) is 3.92. The summed E-state index contributed by atoms with van der Waals surface area (Å²) in [6, 6.07) is 11.1. The third-order valence-corrected chi connectivity index (χ3v) is 4.06. The van der Waals surface area contributed by atoms with E-state index in [0.29, 0.717) is 13.2 Å². The van der Waals surface area contributed by atoms with Gasteiger partial charge in [-0.25, -0.2) is 0 Å². The largest absolute Gasteiger partial charge is 0.508 e. The molecule has 0 amide bonds. The molecule has 2 N–H and O–H groups in total. The second-order valence-electron chi connectivity index (χ2n) is 4.90. The van der Waals surface area contributed by atoms with Crippen molar-refractivity contribution >= 4 is 21.6 Å². The predicted molar refractivity (Wildman–Crippen MR) is 85.3 cm³/mol. The predicted octanol–water partition coefficient (Wildman–Crippen LogP) is 4.10. The van der Waals surface area contributed by atoms with Gasteiger partial charge < -0.3 is 19.9 Å². The molecule has 21 heavy (non-hydrogen) atoms. The quantitative estimate of drug-likeness (QED) is 0.875. The maximum absolute atomic E-state index is 9.92. The Morgan fingerprint density at radius 2 is 1.81 bits per heavy atom. The number of aromatic hydroxyl groups is 1.